The van der Waals surface area contributed by atoms with E-state index in [4.69, 9.17) is 11.6 Å². The standard InChI is InChI=1S/C17H12ClN7O2/c18-11-5-6-15(25-10-19-9-20-25)14(7-11)21-16(26)8-24-17(27)12-3-1-2-4-13(12)22-23-24/h1-7,9-10H,8H2,(H,21,26). The van der Waals surface area contributed by atoms with Crippen LogP contribution in [0.4, 0.5) is 5.69 Å². The number of carbonyl (C=O) groups excluding carboxylic acids is 1. The van der Waals surface area contributed by atoms with Gasteiger partial charge in [0.15, 0.2) is 0 Å². The van der Waals surface area contributed by atoms with Crippen molar-refractivity contribution in [3.05, 3.63) is 70.5 Å². The highest BCUT2D eigenvalue weighted by atomic mass is 35.5. The van der Waals surface area contributed by atoms with Gasteiger partial charge in [0.1, 0.15) is 24.7 Å². The largest absolute Gasteiger partial charge is 0.323 e. The van der Waals surface area contributed by atoms with Crippen molar-refractivity contribution >= 4 is 34.1 Å². The molecule has 2 aromatic heterocycles. The van der Waals surface area contributed by atoms with Gasteiger partial charge in [0, 0.05) is 5.02 Å². The Kier molecular flexibility index (Phi) is 4.35. The molecule has 10 heteroatoms. The van der Waals surface area contributed by atoms with Crippen LogP contribution in [0.25, 0.3) is 16.6 Å². The van der Waals surface area contributed by atoms with Gasteiger partial charge < -0.3 is 5.32 Å². The number of rotatable bonds is 4. The number of carbonyl (C=O) groups is 1. The summed E-state index contributed by atoms with van der Waals surface area (Å²) in [6.07, 6.45) is 2.88. The average molecular weight is 382 g/mol. The molecule has 4 rings (SSSR count). The highest BCUT2D eigenvalue weighted by Gasteiger charge is 2.13. The van der Waals surface area contributed by atoms with Gasteiger partial charge in [0.05, 0.1) is 16.8 Å². The summed E-state index contributed by atoms with van der Waals surface area (Å²) < 4.78 is 2.51. The van der Waals surface area contributed by atoms with Crippen LogP contribution in [0.3, 0.4) is 0 Å². The van der Waals surface area contributed by atoms with E-state index >= 15 is 0 Å². The monoisotopic (exact) mass is 381 g/mol. The molecule has 0 saturated carbocycles. The second-order valence-electron chi connectivity index (χ2n) is 5.62. The Labute approximate surface area is 157 Å². The number of fused-ring (bicyclic) bond motifs is 1. The van der Waals surface area contributed by atoms with Crippen molar-refractivity contribution in [3.8, 4) is 5.69 Å². The second-order valence-corrected chi connectivity index (χ2v) is 6.06. The topological polar surface area (TPSA) is 108 Å². The molecule has 9 nitrogen and oxygen atoms in total. The summed E-state index contributed by atoms with van der Waals surface area (Å²) >= 11 is 6.04. The summed E-state index contributed by atoms with van der Waals surface area (Å²) in [7, 11) is 0. The molecule has 2 heterocycles. The van der Waals surface area contributed by atoms with E-state index in [-0.39, 0.29) is 6.54 Å². The molecule has 0 spiro atoms. The lowest BCUT2D eigenvalue weighted by atomic mass is 10.2. The van der Waals surface area contributed by atoms with Gasteiger partial charge in [-0.05, 0) is 30.3 Å². The summed E-state index contributed by atoms with van der Waals surface area (Å²) in [5, 5.41) is 15.4. The average Bonchev–Trinajstić information content (AvgIpc) is 3.19. The van der Waals surface area contributed by atoms with E-state index < -0.39 is 11.5 Å². The Bertz CT molecular complexity index is 1190. The summed E-state index contributed by atoms with van der Waals surface area (Å²) in [4.78, 5) is 28.8. The van der Waals surface area contributed by atoms with Crippen LogP contribution in [-0.2, 0) is 11.3 Å². The lowest BCUT2D eigenvalue weighted by molar-refractivity contribution is -0.117. The lowest BCUT2D eigenvalue weighted by Crippen LogP contribution is -2.30. The maximum atomic E-state index is 12.5. The van der Waals surface area contributed by atoms with Crippen molar-refractivity contribution in [2.75, 3.05) is 5.32 Å². The number of halogens is 1. The molecule has 0 radical (unpaired) electrons. The van der Waals surface area contributed by atoms with Crippen molar-refractivity contribution in [1.82, 2.24) is 29.8 Å². The first-order valence-corrected chi connectivity index (χ1v) is 8.26. The third-order valence-corrected chi connectivity index (χ3v) is 4.06. The van der Waals surface area contributed by atoms with Crippen LogP contribution in [0.5, 0.6) is 0 Å². The molecular weight excluding hydrogens is 370 g/mol. The van der Waals surface area contributed by atoms with Gasteiger partial charge in [-0.2, -0.15) is 5.10 Å². The van der Waals surface area contributed by atoms with Crippen molar-refractivity contribution < 1.29 is 4.79 Å². The van der Waals surface area contributed by atoms with E-state index in [0.29, 0.717) is 27.3 Å². The van der Waals surface area contributed by atoms with E-state index in [1.165, 1.54) is 17.3 Å². The first kappa shape index (κ1) is 16.9. The van der Waals surface area contributed by atoms with E-state index in [9.17, 15) is 9.59 Å². The highest BCUT2D eigenvalue weighted by Crippen LogP contribution is 2.23. The van der Waals surface area contributed by atoms with Crippen molar-refractivity contribution in [1.29, 1.82) is 0 Å². The highest BCUT2D eigenvalue weighted by molar-refractivity contribution is 6.31. The quantitative estimate of drug-likeness (QED) is 0.576. The first-order valence-electron chi connectivity index (χ1n) is 7.89. The Hall–Kier alpha value is -3.59. The number of anilines is 1. The van der Waals surface area contributed by atoms with Gasteiger partial charge in [-0.3, -0.25) is 9.59 Å². The molecule has 4 aromatic rings. The maximum absolute atomic E-state index is 12.5. The van der Waals surface area contributed by atoms with Crippen molar-refractivity contribution in [3.63, 3.8) is 0 Å². The van der Waals surface area contributed by atoms with Crippen LogP contribution in [0.2, 0.25) is 5.02 Å². The zero-order valence-electron chi connectivity index (χ0n) is 13.8. The number of amides is 1. The van der Waals surface area contributed by atoms with E-state index in [1.54, 1.807) is 42.5 Å². The van der Waals surface area contributed by atoms with Crippen LogP contribution in [0, 0.1) is 0 Å². The molecule has 0 aliphatic carbocycles. The Morgan fingerprint density at radius 2 is 2.04 bits per heavy atom. The van der Waals surface area contributed by atoms with Gasteiger partial charge in [-0.15, -0.1) is 5.10 Å². The zero-order valence-corrected chi connectivity index (χ0v) is 14.5. The fraction of sp³-hybridized carbons (Fsp3) is 0.0588. The Morgan fingerprint density at radius 3 is 2.85 bits per heavy atom. The lowest BCUT2D eigenvalue weighted by Gasteiger charge is -2.11. The third-order valence-electron chi connectivity index (χ3n) is 3.82. The number of aromatic nitrogens is 6. The third kappa shape index (κ3) is 3.40. The Balaban J connectivity index is 1.62. The molecule has 1 N–H and O–H groups in total. The molecule has 0 saturated heterocycles. The summed E-state index contributed by atoms with van der Waals surface area (Å²) in [6, 6.07) is 11.8. The van der Waals surface area contributed by atoms with Crippen LogP contribution in [-0.4, -0.2) is 35.7 Å². The summed E-state index contributed by atoms with van der Waals surface area (Å²) in [5.41, 5.74) is 1.10. The van der Waals surface area contributed by atoms with Crippen LogP contribution >= 0.6 is 11.6 Å². The van der Waals surface area contributed by atoms with Gasteiger partial charge in [-0.25, -0.2) is 14.3 Å². The first-order chi connectivity index (χ1) is 13.1. The number of benzene rings is 2. The number of hydrogen-bond acceptors (Lipinski definition) is 6. The molecule has 0 aliphatic heterocycles. The summed E-state index contributed by atoms with van der Waals surface area (Å²) in [5.74, 6) is -0.453. The van der Waals surface area contributed by atoms with Crippen molar-refractivity contribution in [2.24, 2.45) is 0 Å². The number of nitrogens with one attached hydrogen (secondary N) is 1. The van der Waals surface area contributed by atoms with Gasteiger partial charge >= 0.3 is 0 Å². The molecule has 0 aliphatic rings. The van der Waals surface area contributed by atoms with Gasteiger partial charge in [-0.1, -0.05) is 28.9 Å². The molecule has 0 unspecified atom stereocenters. The molecule has 0 bridgehead atoms. The molecule has 134 valence electrons. The van der Waals surface area contributed by atoms with Crippen molar-refractivity contribution in [2.45, 2.75) is 6.54 Å². The van der Waals surface area contributed by atoms with Crippen LogP contribution < -0.4 is 10.9 Å². The molecule has 2 aromatic carbocycles. The second kappa shape index (κ2) is 6.96. The minimum absolute atomic E-state index is 0.292. The molecular formula is C17H12ClN7O2. The van der Waals surface area contributed by atoms with Crippen LogP contribution in [0.15, 0.2) is 59.9 Å². The van der Waals surface area contributed by atoms with E-state index in [2.05, 4.69) is 25.7 Å². The fourth-order valence-electron chi connectivity index (χ4n) is 2.59. The smallest absolute Gasteiger partial charge is 0.278 e. The summed E-state index contributed by atoms with van der Waals surface area (Å²) in [6.45, 7) is -0.292. The molecule has 1 amide bonds. The maximum Gasteiger partial charge on any atom is 0.278 e. The van der Waals surface area contributed by atoms with E-state index in [1.807, 2.05) is 0 Å². The SMILES string of the molecule is O=C(Cn1nnc2ccccc2c1=O)Nc1cc(Cl)ccc1-n1cncn1. The minimum Gasteiger partial charge on any atom is -0.323 e. The predicted octanol–water partition coefficient (Wildman–Crippen LogP) is 1.66. The van der Waals surface area contributed by atoms with E-state index in [0.717, 1.165) is 4.68 Å². The fourth-order valence-corrected chi connectivity index (χ4v) is 2.77. The normalized spacial score (nSPS) is 10.9. The predicted molar refractivity (Wildman–Crippen MR) is 98.8 cm³/mol. The number of hydrogen-bond donors (Lipinski definition) is 1. The molecule has 0 atom stereocenters. The van der Waals surface area contributed by atoms with Gasteiger partial charge in [0.2, 0.25) is 5.91 Å². The number of nitrogens with zero attached hydrogens (tertiary/aromatic N) is 6. The zero-order chi connectivity index (χ0) is 18.8. The molecule has 27 heavy (non-hydrogen) atoms. The van der Waals surface area contributed by atoms with Gasteiger partial charge in [0.25, 0.3) is 5.56 Å². The van der Waals surface area contributed by atoms with Crippen LogP contribution in [0.1, 0.15) is 0 Å². The molecule has 0 fully saturated rings. The minimum atomic E-state index is -0.453. The Morgan fingerprint density at radius 1 is 1.19 bits per heavy atom.